The number of sulfone groups is 1. The summed E-state index contributed by atoms with van der Waals surface area (Å²) >= 11 is 1.14. The number of nitrogens with two attached hydrogens (primary N) is 1. The molecular weight excluding hydrogens is 286 g/mol. The Morgan fingerprint density at radius 2 is 2.21 bits per heavy atom. The number of nitrogen functional groups attached to an aromatic ring is 1. The molecule has 1 aliphatic rings. The number of hydrogen-bond acceptors (Lipinski definition) is 7. The van der Waals surface area contributed by atoms with E-state index in [4.69, 9.17) is 10.5 Å². The van der Waals surface area contributed by atoms with Gasteiger partial charge in [-0.15, -0.1) is 0 Å². The molecule has 0 aliphatic carbocycles. The topological polar surface area (TPSA) is 85.5 Å². The number of morpholine rings is 1. The maximum Gasteiger partial charge on any atom is 0.184 e. The Kier molecular flexibility index (Phi) is 3.76. The quantitative estimate of drug-likeness (QED) is 0.901. The van der Waals surface area contributed by atoms with Crippen LogP contribution in [0, 0.1) is 0 Å². The Bertz CT molecular complexity index is 566. The molecule has 2 heterocycles. The van der Waals surface area contributed by atoms with Crippen LogP contribution in [0.15, 0.2) is 4.90 Å². The standard InChI is InChI=1S/C11H19N3O3S2/c1-4-19(15,16)8-9(12)13-18-10(8)14-5-6-17-7-11(14,2)3/h4-7H2,1-3H3,(H2,12,13). The van der Waals surface area contributed by atoms with E-state index >= 15 is 0 Å². The Labute approximate surface area is 117 Å². The summed E-state index contributed by atoms with van der Waals surface area (Å²) in [6.45, 7) is 7.42. The molecular formula is C11H19N3O3S2. The number of aromatic nitrogens is 1. The van der Waals surface area contributed by atoms with E-state index in [0.29, 0.717) is 24.8 Å². The van der Waals surface area contributed by atoms with Crippen molar-refractivity contribution in [3.05, 3.63) is 0 Å². The fourth-order valence-corrected chi connectivity index (χ4v) is 4.61. The first-order valence-corrected chi connectivity index (χ1v) is 8.55. The molecule has 19 heavy (non-hydrogen) atoms. The summed E-state index contributed by atoms with van der Waals surface area (Å²) in [5.74, 6) is 0.122. The summed E-state index contributed by atoms with van der Waals surface area (Å²) in [4.78, 5) is 2.21. The lowest BCUT2D eigenvalue weighted by Crippen LogP contribution is -2.53. The first-order chi connectivity index (χ1) is 8.79. The van der Waals surface area contributed by atoms with Crippen LogP contribution < -0.4 is 10.6 Å². The van der Waals surface area contributed by atoms with E-state index in [1.165, 1.54) is 0 Å². The molecule has 0 saturated carbocycles. The van der Waals surface area contributed by atoms with Gasteiger partial charge in [-0.1, -0.05) is 6.92 Å². The van der Waals surface area contributed by atoms with Crippen LogP contribution >= 0.6 is 11.5 Å². The van der Waals surface area contributed by atoms with Crippen LogP contribution in [0.25, 0.3) is 0 Å². The highest BCUT2D eigenvalue weighted by Crippen LogP contribution is 2.39. The maximum absolute atomic E-state index is 12.2. The van der Waals surface area contributed by atoms with Crippen molar-refractivity contribution in [2.45, 2.75) is 31.2 Å². The minimum Gasteiger partial charge on any atom is -0.382 e. The van der Waals surface area contributed by atoms with Crippen molar-refractivity contribution in [1.82, 2.24) is 4.37 Å². The monoisotopic (exact) mass is 305 g/mol. The third-order valence-electron chi connectivity index (χ3n) is 3.24. The SMILES string of the molecule is CCS(=O)(=O)c1c(N)nsc1N1CCOCC1(C)C. The van der Waals surface area contributed by atoms with Crippen molar-refractivity contribution >= 4 is 32.2 Å². The Hall–Kier alpha value is -0.860. The zero-order valence-corrected chi connectivity index (χ0v) is 13.0. The Morgan fingerprint density at radius 3 is 2.79 bits per heavy atom. The number of nitrogens with zero attached hydrogens (tertiary/aromatic N) is 2. The zero-order valence-electron chi connectivity index (χ0n) is 11.3. The highest BCUT2D eigenvalue weighted by atomic mass is 32.2. The van der Waals surface area contributed by atoms with Crippen LogP contribution in [0.3, 0.4) is 0 Å². The maximum atomic E-state index is 12.2. The van der Waals surface area contributed by atoms with E-state index in [1.807, 2.05) is 18.7 Å². The van der Waals surface area contributed by atoms with Crippen molar-refractivity contribution in [3.8, 4) is 0 Å². The lowest BCUT2D eigenvalue weighted by molar-refractivity contribution is 0.0645. The average molecular weight is 305 g/mol. The second kappa shape index (κ2) is 4.92. The van der Waals surface area contributed by atoms with Crippen LogP contribution in [0.2, 0.25) is 0 Å². The molecule has 1 aromatic rings. The second-order valence-corrected chi connectivity index (χ2v) is 8.09. The number of hydrogen-bond donors (Lipinski definition) is 1. The molecule has 0 amide bonds. The summed E-state index contributed by atoms with van der Waals surface area (Å²) in [6, 6.07) is 0. The van der Waals surface area contributed by atoms with Crippen molar-refractivity contribution < 1.29 is 13.2 Å². The van der Waals surface area contributed by atoms with Gasteiger partial charge in [-0.2, -0.15) is 4.37 Å². The predicted octanol–water partition coefficient (Wildman–Crippen LogP) is 1.13. The molecule has 8 heteroatoms. The van der Waals surface area contributed by atoms with E-state index in [0.717, 1.165) is 11.5 Å². The van der Waals surface area contributed by atoms with Crippen LogP contribution in [-0.2, 0) is 14.6 Å². The highest BCUT2D eigenvalue weighted by Gasteiger charge is 2.36. The minimum atomic E-state index is -3.38. The third kappa shape index (κ3) is 2.56. The molecule has 1 aliphatic heterocycles. The Balaban J connectivity index is 2.52. The van der Waals surface area contributed by atoms with Gasteiger partial charge in [0.1, 0.15) is 9.90 Å². The molecule has 2 N–H and O–H groups in total. The van der Waals surface area contributed by atoms with Crippen molar-refractivity contribution in [3.63, 3.8) is 0 Å². The summed E-state index contributed by atoms with van der Waals surface area (Å²) in [5, 5.41) is 0.632. The van der Waals surface area contributed by atoms with E-state index in [9.17, 15) is 8.42 Å². The molecule has 1 saturated heterocycles. The lowest BCUT2D eigenvalue weighted by Gasteiger charge is -2.43. The molecule has 108 valence electrons. The summed E-state index contributed by atoms with van der Waals surface area (Å²) in [5.41, 5.74) is 5.49. The highest BCUT2D eigenvalue weighted by molar-refractivity contribution is 7.91. The normalized spacial score (nSPS) is 19.6. The molecule has 0 aromatic carbocycles. The molecule has 0 unspecified atom stereocenters. The van der Waals surface area contributed by atoms with Crippen LogP contribution in [0.1, 0.15) is 20.8 Å². The molecule has 0 spiro atoms. The van der Waals surface area contributed by atoms with Crippen molar-refractivity contribution in [1.29, 1.82) is 0 Å². The van der Waals surface area contributed by atoms with Gasteiger partial charge < -0.3 is 15.4 Å². The van der Waals surface area contributed by atoms with Gasteiger partial charge in [0.05, 0.1) is 24.5 Å². The molecule has 0 bridgehead atoms. The largest absolute Gasteiger partial charge is 0.382 e. The summed E-state index contributed by atoms with van der Waals surface area (Å²) in [7, 11) is -3.38. The third-order valence-corrected chi connectivity index (χ3v) is 6.04. The van der Waals surface area contributed by atoms with Gasteiger partial charge in [0.2, 0.25) is 0 Å². The predicted molar refractivity (Wildman–Crippen MR) is 76.5 cm³/mol. The lowest BCUT2D eigenvalue weighted by atomic mass is 10.0. The molecule has 0 radical (unpaired) electrons. The van der Waals surface area contributed by atoms with Gasteiger partial charge in [-0.3, -0.25) is 0 Å². The van der Waals surface area contributed by atoms with Crippen LogP contribution in [0.5, 0.6) is 0 Å². The molecule has 6 nitrogen and oxygen atoms in total. The fourth-order valence-electron chi connectivity index (χ4n) is 2.13. The van der Waals surface area contributed by atoms with E-state index in [1.54, 1.807) is 6.92 Å². The smallest absolute Gasteiger partial charge is 0.184 e. The number of ether oxygens (including phenoxy) is 1. The van der Waals surface area contributed by atoms with Crippen molar-refractivity contribution in [2.24, 2.45) is 0 Å². The zero-order chi connectivity index (χ0) is 14.3. The van der Waals surface area contributed by atoms with Gasteiger partial charge in [0, 0.05) is 6.54 Å². The molecule has 1 aromatic heterocycles. The Morgan fingerprint density at radius 1 is 1.53 bits per heavy atom. The van der Waals surface area contributed by atoms with Gasteiger partial charge >= 0.3 is 0 Å². The van der Waals surface area contributed by atoms with Gasteiger partial charge in [-0.25, -0.2) is 8.42 Å². The second-order valence-electron chi connectivity index (χ2n) is 5.12. The molecule has 1 fully saturated rings. The number of rotatable bonds is 3. The van der Waals surface area contributed by atoms with E-state index in [2.05, 4.69) is 4.37 Å². The molecule has 0 atom stereocenters. The van der Waals surface area contributed by atoms with Crippen LogP contribution in [-0.4, -0.2) is 43.8 Å². The first kappa shape index (κ1) is 14.5. The van der Waals surface area contributed by atoms with E-state index in [-0.39, 0.29) is 22.0 Å². The van der Waals surface area contributed by atoms with Gasteiger partial charge in [0.25, 0.3) is 0 Å². The summed E-state index contributed by atoms with van der Waals surface area (Å²) in [6.07, 6.45) is 0. The summed E-state index contributed by atoms with van der Waals surface area (Å²) < 4.78 is 33.9. The minimum absolute atomic E-state index is 0.0212. The average Bonchev–Trinajstić information content (AvgIpc) is 2.71. The first-order valence-electron chi connectivity index (χ1n) is 6.13. The number of anilines is 2. The van der Waals surface area contributed by atoms with Crippen molar-refractivity contribution in [2.75, 3.05) is 36.1 Å². The van der Waals surface area contributed by atoms with E-state index < -0.39 is 9.84 Å². The fraction of sp³-hybridized carbons (Fsp3) is 0.727. The molecule has 2 rings (SSSR count). The van der Waals surface area contributed by atoms with Gasteiger partial charge in [0.15, 0.2) is 15.7 Å². The van der Waals surface area contributed by atoms with Gasteiger partial charge in [-0.05, 0) is 25.4 Å². The van der Waals surface area contributed by atoms with Crippen LogP contribution in [0.4, 0.5) is 10.8 Å².